The minimum atomic E-state index is -0.976. The average Bonchev–Trinajstić information content (AvgIpc) is 3.93. The zero-order chi connectivity index (χ0) is 43.5. The Hall–Kier alpha value is -4.37. The van der Waals surface area contributed by atoms with Crippen molar-refractivity contribution in [1.82, 2.24) is 20.5 Å². The highest BCUT2D eigenvalue weighted by atomic mass is 32.1. The molecule has 2 unspecified atom stereocenters. The lowest BCUT2D eigenvalue weighted by Gasteiger charge is -2.50. The number of hydrogen-bond acceptors (Lipinski definition) is 11. The summed E-state index contributed by atoms with van der Waals surface area (Å²) in [6, 6.07) is 11.8. The summed E-state index contributed by atoms with van der Waals surface area (Å²) in [5.41, 5.74) is 6.63. The number of esters is 1. The van der Waals surface area contributed by atoms with Crippen LogP contribution in [0.25, 0.3) is 10.4 Å². The first-order valence-electron chi connectivity index (χ1n) is 21.8. The van der Waals surface area contributed by atoms with Gasteiger partial charge in [0.25, 0.3) is 0 Å². The second-order valence-corrected chi connectivity index (χ2v) is 19.6. The molecule has 13 nitrogen and oxygen atoms in total. The van der Waals surface area contributed by atoms with Gasteiger partial charge in [-0.25, -0.2) is 4.98 Å². The summed E-state index contributed by atoms with van der Waals surface area (Å²) in [5, 5.41) is 26.3. The predicted molar refractivity (Wildman–Crippen MR) is 231 cm³/mol. The average molecular weight is 859 g/mol. The smallest absolute Gasteiger partial charge is 0.308 e. The van der Waals surface area contributed by atoms with Gasteiger partial charge in [0.05, 0.1) is 48.4 Å². The van der Waals surface area contributed by atoms with Crippen molar-refractivity contribution in [3.05, 3.63) is 70.4 Å². The van der Waals surface area contributed by atoms with E-state index in [1.807, 2.05) is 69.6 Å². The van der Waals surface area contributed by atoms with Crippen molar-refractivity contribution in [2.24, 2.45) is 22.7 Å². The Morgan fingerprint density at radius 1 is 1.02 bits per heavy atom. The summed E-state index contributed by atoms with van der Waals surface area (Å²) >= 11 is 1.57. The number of phenolic OH excluding ortho intramolecular Hbond substituents is 1. The Labute approximate surface area is 362 Å². The molecule has 4 N–H and O–H groups in total. The molecule has 330 valence electrons. The molecule has 2 saturated carbocycles. The third kappa shape index (κ3) is 10.1. The SMILES string of the molecule is Cc1ncsc1-c1ccc(CNC(=O)[C@H]2CC(O)CN2C(=O)C(NC(=O)COCCOCCC(=O)O[C@H]2CC[C@@H]3[C@@H]4CCc5cc(O)ccc5[C@@H]4CC[C@]23C)C(C)(C)C)cc1. The molecule has 0 radical (unpaired) electrons. The highest BCUT2D eigenvalue weighted by molar-refractivity contribution is 7.13. The maximum Gasteiger partial charge on any atom is 0.308 e. The number of aromatic nitrogens is 1. The molecular formula is C47H62N4O9S. The number of aryl methyl sites for hydroxylation is 2. The normalized spacial score (nSPS) is 26.2. The summed E-state index contributed by atoms with van der Waals surface area (Å²) in [7, 11) is 0. The van der Waals surface area contributed by atoms with E-state index < -0.39 is 35.4 Å². The molecule has 0 bridgehead atoms. The maximum atomic E-state index is 14.0. The molecule has 2 heterocycles. The molecule has 61 heavy (non-hydrogen) atoms. The van der Waals surface area contributed by atoms with E-state index in [0.717, 1.165) is 60.2 Å². The van der Waals surface area contributed by atoms with Crippen LogP contribution in [0.5, 0.6) is 5.75 Å². The van der Waals surface area contributed by atoms with Gasteiger partial charge in [-0.1, -0.05) is 58.0 Å². The van der Waals surface area contributed by atoms with Crippen molar-refractivity contribution >= 4 is 35.0 Å². The summed E-state index contributed by atoms with van der Waals surface area (Å²) in [6.07, 6.45) is 5.32. The van der Waals surface area contributed by atoms with Gasteiger partial charge in [-0.3, -0.25) is 19.2 Å². The number of aliphatic hydroxyl groups excluding tert-OH is 1. The van der Waals surface area contributed by atoms with Gasteiger partial charge in [0.1, 0.15) is 30.5 Å². The van der Waals surface area contributed by atoms with Crippen molar-refractivity contribution in [3.8, 4) is 16.2 Å². The number of β-amino-alcohol motifs (C(OH)–C–C–N with tert-alkyl or cyclic N) is 1. The van der Waals surface area contributed by atoms with E-state index >= 15 is 0 Å². The number of nitrogens with one attached hydrogen (secondary N) is 2. The molecule has 3 fully saturated rings. The number of thiazole rings is 1. The van der Waals surface area contributed by atoms with E-state index in [0.29, 0.717) is 23.5 Å². The van der Waals surface area contributed by atoms with Crippen LogP contribution in [0, 0.1) is 29.6 Å². The van der Waals surface area contributed by atoms with Crippen LogP contribution in [-0.4, -0.2) is 101 Å². The Morgan fingerprint density at radius 2 is 1.79 bits per heavy atom. The Kier molecular flexibility index (Phi) is 13.9. The van der Waals surface area contributed by atoms with Gasteiger partial charge < -0.3 is 40.0 Å². The van der Waals surface area contributed by atoms with Crippen LogP contribution in [0.4, 0.5) is 0 Å². The summed E-state index contributed by atoms with van der Waals surface area (Å²) in [5.74, 6) is 0.314. The summed E-state index contributed by atoms with van der Waals surface area (Å²) < 4.78 is 17.3. The number of benzene rings is 2. The fourth-order valence-corrected chi connectivity index (χ4v) is 11.3. The molecule has 3 amide bonds. The minimum absolute atomic E-state index is 0.0200. The van der Waals surface area contributed by atoms with E-state index in [9.17, 15) is 29.4 Å². The Balaban J connectivity index is 0.808. The zero-order valence-electron chi connectivity index (χ0n) is 36.1. The lowest BCUT2D eigenvalue weighted by molar-refractivity contribution is -0.158. The number of ether oxygens (including phenoxy) is 3. The van der Waals surface area contributed by atoms with Crippen molar-refractivity contribution in [2.45, 2.75) is 123 Å². The fraction of sp³-hybridized carbons (Fsp3) is 0.596. The second-order valence-electron chi connectivity index (χ2n) is 18.8. The van der Waals surface area contributed by atoms with E-state index in [-0.39, 0.29) is 75.8 Å². The molecule has 14 heteroatoms. The number of likely N-dealkylation sites (tertiary alicyclic amines) is 1. The van der Waals surface area contributed by atoms with E-state index in [4.69, 9.17) is 14.2 Å². The molecule has 0 spiro atoms. The molecule has 4 aliphatic rings. The number of amides is 3. The van der Waals surface area contributed by atoms with E-state index in [1.54, 1.807) is 11.3 Å². The van der Waals surface area contributed by atoms with E-state index in [2.05, 4.69) is 28.6 Å². The number of rotatable bonds is 15. The zero-order valence-corrected chi connectivity index (χ0v) is 36.9. The van der Waals surface area contributed by atoms with Crippen LogP contribution in [0.3, 0.4) is 0 Å². The van der Waals surface area contributed by atoms with Gasteiger partial charge in [0.15, 0.2) is 0 Å². The topological polar surface area (TPSA) is 177 Å². The third-order valence-corrected chi connectivity index (χ3v) is 14.6. The van der Waals surface area contributed by atoms with Gasteiger partial charge in [0, 0.05) is 24.9 Å². The van der Waals surface area contributed by atoms with Crippen LogP contribution in [0.2, 0.25) is 0 Å². The predicted octanol–water partition coefficient (Wildman–Crippen LogP) is 5.82. The quantitative estimate of drug-likeness (QED) is 0.108. The number of carbonyl (C=O) groups is 4. The Bertz CT molecular complexity index is 2050. The van der Waals surface area contributed by atoms with E-state index in [1.165, 1.54) is 16.0 Å². The molecule has 7 rings (SSSR count). The molecule has 1 saturated heterocycles. The molecule has 1 aromatic heterocycles. The highest BCUT2D eigenvalue weighted by Crippen LogP contribution is 2.61. The first kappa shape index (κ1) is 44.7. The lowest BCUT2D eigenvalue weighted by Crippen LogP contribution is -2.58. The first-order valence-corrected chi connectivity index (χ1v) is 22.7. The summed E-state index contributed by atoms with van der Waals surface area (Å²) in [4.78, 5) is 60.1. The van der Waals surface area contributed by atoms with Crippen LogP contribution in [0.1, 0.15) is 101 Å². The number of carbonyl (C=O) groups excluding carboxylic acids is 4. The summed E-state index contributed by atoms with van der Waals surface area (Å²) in [6.45, 7) is 10.1. The number of phenols is 1. The third-order valence-electron chi connectivity index (χ3n) is 13.7. The molecular weight excluding hydrogens is 797 g/mol. The number of nitrogens with zero attached hydrogens (tertiary/aromatic N) is 2. The van der Waals surface area contributed by atoms with Crippen molar-refractivity contribution in [2.75, 3.05) is 33.0 Å². The van der Waals surface area contributed by atoms with Crippen LogP contribution >= 0.6 is 11.3 Å². The minimum Gasteiger partial charge on any atom is -0.508 e. The van der Waals surface area contributed by atoms with Crippen LogP contribution < -0.4 is 10.6 Å². The first-order chi connectivity index (χ1) is 29.1. The van der Waals surface area contributed by atoms with Crippen molar-refractivity contribution in [3.63, 3.8) is 0 Å². The van der Waals surface area contributed by atoms with Gasteiger partial charge in [-0.05, 0) is 103 Å². The number of aromatic hydroxyl groups is 1. The number of fused-ring (bicyclic) bond motifs is 5. The monoisotopic (exact) mass is 858 g/mol. The van der Waals surface area contributed by atoms with Gasteiger partial charge >= 0.3 is 5.97 Å². The highest BCUT2D eigenvalue weighted by Gasteiger charge is 2.56. The van der Waals surface area contributed by atoms with Crippen molar-refractivity contribution < 1.29 is 43.6 Å². The molecule has 3 aliphatic carbocycles. The maximum absolute atomic E-state index is 14.0. The molecule has 2 aromatic carbocycles. The number of hydrogen-bond donors (Lipinski definition) is 4. The largest absolute Gasteiger partial charge is 0.508 e. The Morgan fingerprint density at radius 3 is 2.52 bits per heavy atom. The van der Waals surface area contributed by atoms with Crippen LogP contribution in [0.15, 0.2) is 48.0 Å². The number of aliphatic hydroxyl groups is 1. The molecule has 3 aromatic rings. The van der Waals surface area contributed by atoms with Gasteiger partial charge in [-0.2, -0.15) is 0 Å². The van der Waals surface area contributed by atoms with Crippen molar-refractivity contribution in [1.29, 1.82) is 0 Å². The van der Waals surface area contributed by atoms with Crippen LogP contribution in [-0.2, 0) is 46.4 Å². The fourth-order valence-electron chi connectivity index (χ4n) is 10.5. The molecule has 1 aliphatic heterocycles. The lowest BCUT2D eigenvalue weighted by atomic mass is 9.55. The van der Waals surface area contributed by atoms with Gasteiger partial charge in [0.2, 0.25) is 17.7 Å². The molecule has 8 atom stereocenters. The van der Waals surface area contributed by atoms with Gasteiger partial charge in [-0.15, -0.1) is 11.3 Å². The standard InChI is InChI=1S/C47H62N4O9S/c1-28-42(61-27-49-28)30-8-6-29(7-9-30)24-48-44(56)38-23-33(53)25-51(38)45(57)43(46(2,3)4)50-40(54)26-59-21-20-58-19-17-41(55)60-39-15-14-37-36-12-10-31-22-32(52)11-13-34(31)35(36)16-18-47(37,39)5/h6-9,11,13,22,27,33,35-39,43,52-53H,10,12,14-21,23-26H2,1-5H3,(H,48,56)(H,50,54)/t33?,35-,36+,37+,38+,39-,43?,47-/m0/s1. The second kappa shape index (κ2) is 18.9.